The molecular weight excluding hydrogens is 371 g/mol. The largest absolute Gasteiger partial charge is 0.312 e. The summed E-state index contributed by atoms with van der Waals surface area (Å²) in [6.45, 7) is 0. The van der Waals surface area contributed by atoms with Crippen LogP contribution in [0.4, 0.5) is 0 Å². The van der Waals surface area contributed by atoms with Crippen molar-refractivity contribution in [2.24, 2.45) is 0 Å². The second-order valence-electron chi connectivity index (χ2n) is 3.27. The number of rotatable bonds is 3. The molecule has 0 aliphatic rings. The van der Waals surface area contributed by atoms with Gasteiger partial charge in [-0.05, 0) is 40.3 Å². The molecule has 1 heterocycles. The Morgan fingerprint density at radius 1 is 1.35 bits per heavy atom. The Kier molecular flexibility index (Phi) is 4.47. The van der Waals surface area contributed by atoms with Crippen LogP contribution < -0.4 is 5.56 Å². The van der Waals surface area contributed by atoms with Crippen LogP contribution in [-0.4, -0.2) is 9.97 Å². The fraction of sp³-hybridized carbons (Fsp3) is 0.0909. The van der Waals surface area contributed by atoms with E-state index in [1.165, 1.54) is 18.1 Å². The summed E-state index contributed by atoms with van der Waals surface area (Å²) in [5.41, 5.74) is 1.05. The summed E-state index contributed by atoms with van der Waals surface area (Å²) in [6, 6.07) is 7.64. The lowest BCUT2D eigenvalue weighted by Crippen LogP contribution is -2.11. The molecular formula is C11H8ClIN2OS. The molecule has 0 saturated carbocycles. The first-order valence-electron chi connectivity index (χ1n) is 4.77. The summed E-state index contributed by atoms with van der Waals surface area (Å²) in [5, 5.41) is 1.48. The van der Waals surface area contributed by atoms with Crippen molar-refractivity contribution in [3.63, 3.8) is 0 Å². The summed E-state index contributed by atoms with van der Waals surface area (Å²) < 4.78 is 0.629. The molecule has 1 aromatic carbocycles. The fourth-order valence-electron chi connectivity index (χ4n) is 1.20. The van der Waals surface area contributed by atoms with Gasteiger partial charge in [-0.15, -0.1) is 11.8 Å². The van der Waals surface area contributed by atoms with Gasteiger partial charge >= 0.3 is 0 Å². The second-order valence-corrected chi connectivity index (χ2v) is 5.75. The molecule has 17 heavy (non-hydrogen) atoms. The highest BCUT2D eigenvalue weighted by Gasteiger charge is 2.05. The second kappa shape index (κ2) is 5.88. The number of hydrogen-bond acceptors (Lipinski definition) is 3. The van der Waals surface area contributed by atoms with Gasteiger partial charge in [-0.1, -0.05) is 23.7 Å². The number of halogens is 2. The van der Waals surface area contributed by atoms with Crippen LogP contribution in [-0.2, 0) is 5.75 Å². The maximum Gasteiger partial charge on any atom is 0.265 e. The van der Waals surface area contributed by atoms with Crippen LogP contribution in [0.2, 0.25) is 5.02 Å². The van der Waals surface area contributed by atoms with Gasteiger partial charge in [0, 0.05) is 10.8 Å². The molecule has 0 bridgehead atoms. The van der Waals surface area contributed by atoms with Crippen molar-refractivity contribution < 1.29 is 0 Å². The van der Waals surface area contributed by atoms with E-state index < -0.39 is 0 Å². The molecule has 3 nitrogen and oxygen atoms in total. The van der Waals surface area contributed by atoms with Gasteiger partial charge in [0.2, 0.25) is 0 Å². The minimum Gasteiger partial charge on any atom is -0.312 e. The topological polar surface area (TPSA) is 45.8 Å². The molecule has 1 aromatic heterocycles. The van der Waals surface area contributed by atoms with E-state index in [1.807, 2.05) is 46.9 Å². The molecule has 0 aliphatic carbocycles. The number of nitrogens with one attached hydrogen (secondary N) is 1. The lowest BCUT2D eigenvalue weighted by Gasteiger charge is -2.02. The van der Waals surface area contributed by atoms with Crippen LogP contribution in [0.1, 0.15) is 5.56 Å². The third kappa shape index (κ3) is 3.46. The molecule has 0 saturated heterocycles. The SMILES string of the molecule is O=c1[nH]cnc(SCc2ccc(Cl)cc2)c1I. The molecule has 1 N–H and O–H groups in total. The third-order valence-electron chi connectivity index (χ3n) is 2.05. The molecule has 0 aliphatic heterocycles. The zero-order valence-corrected chi connectivity index (χ0v) is 12.3. The van der Waals surface area contributed by atoms with Crippen molar-refractivity contribution in [1.29, 1.82) is 0 Å². The van der Waals surface area contributed by atoms with Gasteiger partial charge in [-0.3, -0.25) is 4.79 Å². The molecule has 2 aromatic rings. The van der Waals surface area contributed by atoms with Crippen molar-refractivity contribution in [2.75, 3.05) is 0 Å². The zero-order valence-electron chi connectivity index (χ0n) is 8.61. The van der Waals surface area contributed by atoms with Gasteiger partial charge in [0.1, 0.15) is 8.60 Å². The number of thioether (sulfide) groups is 1. The maximum absolute atomic E-state index is 11.4. The van der Waals surface area contributed by atoms with Crippen molar-refractivity contribution in [1.82, 2.24) is 9.97 Å². The fourth-order valence-corrected chi connectivity index (χ4v) is 2.93. The molecule has 88 valence electrons. The molecule has 0 spiro atoms. The van der Waals surface area contributed by atoms with E-state index in [-0.39, 0.29) is 5.56 Å². The Balaban J connectivity index is 2.10. The van der Waals surface area contributed by atoms with E-state index in [4.69, 9.17) is 11.6 Å². The number of benzene rings is 1. The van der Waals surface area contributed by atoms with Crippen LogP contribution in [0, 0.1) is 3.57 Å². The quantitative estimate of drug-likeness (QED) is 0.506. The summed E-state index contributed by atoms with van der Waals surface area (Å²) >= 11 is 9.35. The standard InChI is InChI=1S/C11H8ClIN2OS/c12-8-3-1-7(2-4-8)5-17-11-9(13)10(16)14-6-15-11/h1-4,6H,5H2,(H,14,15,16). The minimum absolute atomic E-state index is 0.0980. The monoisotopic (exact) mass is 378 g/mol. The van der Waals surface area contributed by atoms with Crippen molar-refractivity contribution in [2.45, 2.75) is 10.8 Å². The highest BCUT2D eigenvalue weighted by molar-refractivity contribution is 14.1. The summed E-state index contributed by atoms with van der Waals surface area (Å²) in [4.78, 5) is 18.0. The Hall–Kier alpha value is -0.530. The molecule has 0 amide bonds. The smallest absolute Gasteiger partial charge is 0.265 e. The molecule has 0 atom stereocenters. The van der Waals surface area contributed by atoms with E-state index >= 15 is 0 Å². The number of aromatic amines is 1. The van der Waals surface area contributed by atoms with Crippen molar-refractivity contribution in [3.05, 3.63) is 55.1 Å². The van der Waals surface area contributed by atoms with Crippen LogP contribution in [0.15, 0.2) is 40.4 Å². The first-order chi connectivity index (χ1) is 8.16. The lowest BCUT2D eigenvalue weighted by atomic mass is 10.2. The summed E-state index contributed by atoms with van der Waals surface area (Å²) in [7, 11) is 0. The Morgan fingerprint density at radius 3 is 2.76 bits per heavy atom. The first-order valence-corrected chi connectivity index (χ1v) is 7.21. The lowest BCUT2D eigenvalue weighted by molar-refractivity contribution is 0.987. The van der Waals surface area contributed by atoms with E-state index in [1.54, 1.807) is 0 Å². The minimum atomic E-state index is -0.0980. The van der Waals surface area contributed by atoms with Crippen LogP contribution in [0.5, 0.6) is 0 Å². The van der Waals surface area contributed by atoms with Crippen molar-refractivity contribution >= 4 is 46.0 Å². The average molecular weight is 379 g/mol. The third-order valence-corrected chi connectivity index (χ3v) is 4.73. The van der Waals surface area contributed by atoms with Crippen LogP contribution in [0.3, 0.4) is 0 Å². The van der Waals surface area contributed by atoms with Gasteiger partial charge in [0.25, 0.3) is 5.56 Å². The van der Waals surface area contributed by atoms with E-state index in [9.17, 15) is 4.79 Å². The van der Waals surface area contributed by atoms with Gasteiger partial charge in [-0.25, -0.2) is 4.98 Å². The molecule has 2 rings (SSSR count). The van der Waals surface area contributed by atoms with Crippen LogP contribution in [0.25, 0.3) is 0 Å². The molecule has 6 heteroatoms. The predicted octanol–water partition coefficient (Wildman–Crippen LogP) is 3.32. The van der Waals surface area contributed by atoms with Gasteiger partial charge in [0.05, 0.1) is 6.33 Å². The zero-order chi connectivity index (χ0) is 12.3. The number of H-pyrrole nitrogens is 1. The predicted molar refractivity (Wildman–Crippen MR) is 78.6 cm³/mol. The summed E-state index contributed by atoms with van der Waals surface area (Å²) in [5.74, 6) is 0.767. The molecule has 0 unspecified atom stereocenters. The maximum atomic E-state index is 11.4. The summed E-state index contributed by atoms with van der Waals surface area (Å²) in [6.07, 6.45) is 1.43. The first kappa shape index (κ1) is 12.9. The highest BCUT2D eigenvalue weighted by Crippen LogP contribution is 2.23. The average Bonchev–Trinajstić information content (AvgIpc) is 2.33. The number of aromatic nitrogens is 2. The van der Waals surface area contributed by atoms with Gasteiger partial charge < -0.3 is 4.98 Å². The Morgan fingerprint density at radius 2 is 2.06 bits per heavy atom. The molecule has 0 radical (unpaired) electrons. The van der Waals surface area contributed by atoms with Crippen molar-refractivity contribution in [3.8, 4) is 0 Å². The Bertz CT molecular complexity index is 570. The number of hydrogen-bond donors (Lipinski definition) is 1. The van der Waals surface area contributed by atoms with Gasteiger partial charge in [0.15, 0.2) is 0 Å². The van der Waals surface area contributed by atoms with E-state index in [0.29, 0.717) is 3.57 Å². The normalized spacial score (nSPS) is 10.5. The van der Waals surface area contributed by atoms with Crippen LogP contribution >= 0.6 is 46.0 Å². The Labute approximate surface area is 121 Å². The van der Waals surface area contributed by atoms with E-state index in [2.05, 4.69) is 9.97 Å². The van der Waals surface area contributed by atoms with Gasteiger partial charge in [-0.2, -0.15) is 0 Å². The van der Waals surface area contributed by atoms with E-state index in [0.717, 1.165) is 21.4 Å². The number of nitrogens with zero attached hydrogens (tertiary/aromatic N) is 1. The highest BCUT2D eigenvalue weighted by atomic mass is 127. The molecule has 0 fully saturated rings.